The number of amides is 1. The number of aryl methyl sites for hydroxylation is 2. The average molecular weight is 417 g/mol. The van der Waals surface area contributed by atoms with Crippen LogP contribution in [0, 0.1) is 13.8 Å². The van der Waals surface area contributed by atoms with Crippen molar-refractivity contribution in [1.82, 2.24) is 4.90 Å². The number of ketones is 1. The molecule has 1 fully saturated rings. The van der Waals surface area contributed by atoms with E-state index >= 15 is 0 Å². The van der Waals surface area contributed by atoms with Crippen LogP contribution in [0.15, 0.2) is 70.9 Å². The lowest BCUT2D eigenvalue weighted by atomic mass is 9.97. The zero-order chi connectivity index (χ0) is 22.1. The number of Topliss-reactive ketones (excluding diaryl/α,β-unsaturated/α-hetero) is 1. The summed E-state index contributed by atoms with van der Waals surface area (Å²) in [6, 6.07) is 15.3. The van der Waals surface area contributed by atoms with Crippen molar-refractivity contribution < 1.29 is 23.8 Å². The molecule has 158 valence electrons. The van der Waals surface area contributed by atoms with Crippen LogP contribution in [0.1, 0.15) is 34.1 Å². The van der Waals surface area contributed by atoms with Crippen LogP contribution >= 0.6 is 0 Å². The summed E-state index contributed by atoms with van der Waals surface area (Å²) in [5.41, 5.74) is 3.34. The maximum atomic E-state index is 13.0. The van der Waals surface area contributed by atoms with Gasteiger partial charge in [-0.25, -0.2) is 0 Å². The van der Waals surface area contributed by atoms with E-state index in [1.54, 1.807) is 37.4 Å². The summed E-state index contributed by atoms with van der Waals surface area (Å²) in [4.78, 5) is 27.4. The van der Waals surface area contributed by atoms with E-state index in [1.807, 2.05) is 38.1 Å². The maximum Gasteiger partial charge on any atom is 0.296 e. The van der Waals surface area contributed by atoms with Crippen molar-refractivity contribution in [3.8, 4) is 5.75 Å². The molecule has 1 saturated heterocycles. The second kappa shape index (κ2) is 8.14. The topological polar surface area (TPSA) is 80.0 Å². The maximum absolute atomic E-state index is 13.0. The molecule has 1 amide bonds. The molecule has 3 aromatic rings. The van der Waals surface area contributed by atoms with Crippen LogP contribution in [-0.2, 0) is 16.1 Å². The van der Waals surface area contributed by atoms with E-state index in [1.165, 1.54) is 11.2 Å². The van der Waals surface area contributed by atoms with Crippen LogP contribution in [0.3, 0.4) is 0 Å². The molecular weight excluding hydrogens is 394 g/mol. The molecule has 1 aromatic heterocycles. The van der Waals surface area contributed by atoms with Gasteiger partial charge in [-0.1, -0.05) is 24.3 Å². The third kappa shape index (κ3) is 3.72. The van der Waals surface area contributed by atoms with Crippen molar-refractivity contribution >= 4 is 17.4 Å². The number of ether oxygens (including phenoxy) is 1. The fourth-order valence-corrected chi connectivity index (χ4v) is 3.80. The standard InChI is InChI=1S/C25H23NO5/c1-15-9-10-18(12-16(15)2)23(27)21-22(20-8-5-11-31-20)26(25(29)24(21)28)14-17-6-4-7-19(13-17)30-3/h4-13,22,27H,14H2,1-3H3/b23-21-. The first-order chi connectivity index (χ1) is 14.9. The minimum atomic E-state index is -0.831. The molecule has 0 aliphatic carbocycles. The minimum absolute atomic E-state index is 0.0195. The zero-order valence-electron chi connectivity index (χ0n) is 17.6. The van der Waals surface area contributed by atoms with Gasteiger partial charge >= 0.3 is 0 Å². The average Bonchev–Trinajstić information content (AvgIpc) is 3.38. The third-order valence-corrected chi connectivity index (χ3v) is 5.62. The Morgan fingerprint density at radius 1 is 1.06 bits per heavy atom. The summed E-state index contributed by atoms with van der Waals surface area (Å²) in [5.74, 6) is -0.572. The Bertz CT molecular complexity index is 1180. The first kappa shape index (κ1) is 20.5. The van der Waals surface area contributed by atoms with Gasteiger partial charge in [0.15, 0.2) is 0 Å². The summed E-state index contributed by atoms with van der Waals surface area (Å²) in [6.45, 7) is 4.06. The molecule has 2 heterocycles. The molecule has 1 aliphatic rings. The number of hydrogen-bond acceptors (Lipinski definition) is 5. The summed E-state index contributed by atoms with van der Waals surface area (Å²) in [5, 5.41) is 11.1. The number of nitrogens with zero attached hydrogens (tertiary/aromatic N) is 1. The van der Waals surface area contributed by atoms with Gasteiger partial charge in [0.1, 0.15) is 23.3 Å². The normalized spacial score (nSPS) is 17.9. The third-order valence-electron chi connectivity index (χ3n) is 5.62. The van der Waals surface area contributed by atoms with Gasteiger partial charge in [-0.15, -0.1) is 0 Å². The Balaban J connectivity index is 1.82. The highest BCUT2D eigenvalue weighted by molar-refractivity contribution is 6.46. The van der Waals surface area contributed by atoms with E-state index in [-0.39, 0.29) is 17.9 Å². The number of likely N-dealkylation sites (tertiary alicyclic amines) is 1. The molecule has 1 aliphatic heterocycles. The lowest BCUT2D eigenvalue weighted by molar-refractivity contribution is -0.140. The highest BCUT2D eigenvalue weighted by atomic mass is 16.5. The van der Waals surface area contributed by atoms with E-state index in [4.69, 9.17) is 9.15 Å². The van der Waals surface area contributed by atoms with E-state index in [0.717, 1.165) is 16.7 Å². The monoisotopic (exact) mass is 417 g/mol. The first-order valence-corrected chi connectivity index (χ1v) is 9.93. The number of furan rings is 1. The SMILES string of the molecule is COc1cccc(CN2C(=O)C(=O)/C(=C(\O)c3ccc(C)c(C)c3)C2c2ccco2)c1. The Hall–Kier alpha value is -3.80. The first-order valence-electron chi connectivity index (χ1n) is 9.93. The van der Waals surface area contributed by atoms with E-state index < -0.39 is 17.7 Å². The molecule has 0 spiro atoms. The van der Waals surface area contributed by atoms with Gasteiger partial charge < -0.3 is 19.2 Å². The van der Waals surface area contributed by atoms with Gasteiger partial charge in [0.2, 0.25) is 0 Å². The molecule has 31 heavy (non-hydrogen) atoms. The molecule has 4 rings (SSSR count). The summed E-state index contributed by atoms with van der Waals surface area (Å²) in [7, 11) is 1.57. The van der Waals surface area contributed by atoms with Crippen molar-refractivity contribution in [3.05, 3.63) is 94.4 Å². The molecule has 0 radical (unpaired) electrons. The smallest absolute Gasteiger partial charge is 0.296 e. The number of carbonyl (C=O) groups is 2. The van der Waals surface area contributed by atoms with Gasteiger partial charge in [0.25, 0.3) is 11.7 Å². The number of benzene rings is 2. The highest BCUT2D eigenvalue weighted by Crippen LogP contribution is 2.40. The molecular formula is C25H23NO5. The van der Waals surface area contributed by atoms with Crippen molar-refractivity contribution in [1.29, 1.82) is 0 Å². The van der Waals surface area contributed by atoms with E-state index in [2.05, 4.69) is 0 Å². The number of hydrogen-bond donors (Lipinski definition) is 1. The van der Waals surface area contributed by atoms with Crippen molar-refractivity contribution in [2.45, 2.75) is 26.4 Å². The highest BCUT2D eigenvalue weighted by Gasteiger charge is 2.47. The van der Waals surface area contributed by atoms with Crippen LogP contribution < -0.4 is 4.74 Å². The second-order valence-corrected chi connectivity index (χ2v) is 7.59. The van der Waals surface area contributed by atoms with Gasteiger partial charge in [0, 0.05) is 12.1 Å². The lowest BCUT2D eigenvalue weighted by Crippen LogP contribution is -2.29. The fraction of sp³-hybridized carbons (Fsp3) is 0.200. The molecule has 0 bridgehead atoms. The summed E-state index contributed by atoms with van der Waals surface area (Å²) in [6.07, 6.45) is 1.48. The number of methoxy groups -OCH3 is 1. The predicted molar refractivity (Wildman–Crippen MR) is 115 cm³/mol. The summed E-state index contributed by atoms with van der Waals surface area (Å²) >= 11 is 0. The summed E-state index contributed by atoms with van der Waals surface area (Å²) < 4.78 is 10.8. The van der Waals surface area contributed by atoms with Crippen molar-refractivity contribution in [2.24, 2.45) is 0 Å². The van der Waals surface area contributed by atoms with Crippen LogP contribution in [0.2, 0.25) is 0 Å². The van der Waals surface area contributed by atoms with E-state index in [0.29, 0.717) is 17.1 Å². The minimum Gasteiger partial charge on any atom is -0.507 e. The Morgan fingerprint density at radius 3 is 2.55 bits per heavy atom. The molecule has 6 heteroatoms. The van der Waals surface area contributed by atoms with E-state index in [9.17, 15) is 14.7 Å². The van der Waals surface area contributed by atoms with Gasteiger partial charge in [-0.2, -0.15) is 0 Å². The van der Waals surface area contributed by atoms with Gasteiger partial charge in [0.05, 0.1) is 18.9 Å². The number of aliphatic hydroxyl groups is 1. The molecule has 0 saturated carbocycles. The molecule has 1 unspecified atom stereocenters. The van der Waals surface area contributed by atoms with Crippen LogP contribution in [0.4, 0.5) is 0 Å². The molecule has 6 nitrogen and oxygen atoms in total. The van der Waals surface area contributed by atoms with Crippen LogP contribution in [0.25, 0.3) is 5.76 Å². The lowest BCUT2D eigenvalue weighted by Gasteiger charge is -2.23. The largest absolute Gasteiger partial charge is 0.507 e. The van der Waals surface area contributed by atoms with Gasteiger partial charge in [-0.05, 0) is 60.9 Å². The molecule has 1 atom stereocenters. The number of aliphatic hydroxyl groups excluding tert-OH is 1. The van der Waals surface area contributed by atoms with Gasteiger partial charge in [-0.3, -0.25) is 9.59 Å². The Labute approximate surface area is 180 Å². The number of rotatable bonds is 5. The number of carbonyl (C=O) groups excluding carboxylic acids is 2. The second-order valence-electron chi connectivity index (χ2n) is 7.59. The Kier molecular flexibility index (Phi) is 5.38. The predicted octanol–water partition coefficient (Wildman–Crippen LogP) is 4.53. The van der Waals surface area contributed by atoms with Crippen molar-refractivity contribution in [3.63, 3.8) is 0 Å². The quantitative estimate of drug-likeness (QED) is 0.375. The molecule has 2 aromatic carbocycles. The zero-order valence-corrected chi connectivity index (χ0v) is 17.6. The van der Waals surface area contributed by atoms with Crippen LogP contribution in [0.5, 0.6) is 5.75 Å². The Morgan fingerprint density at radius 2 is 1.87 bits per heavy atom. The van der Waals surface area contributed by atoms with Crippen LogP contribution in [-0.4, -0.2) is 28.8 Å². The fourth-order valence-electron chi connectivity index (χ4n) is 3.80. The molecule has 1 N–H and O–H groups in total. The van der Waals surface area contributed by atoms with Crippen molar-refractivity contribution in [2.75, 3.05) is 7.11 Å².